The Morgan fingerprint density at radius 2 is 2.29 bits per heavy atom. The van der Waals surface area contributed by atoms with Gasteiger partial charge in [-0.3, -0.25) is 0 Å². The lowest BCUT2D eigenvalue weighted by Gasteiger charge is -2.11. The fraction of sp³-hybridized carbons (Fsp3) is 0.636. The van der Waals surface area contributed by atoms with Crippen molar-refractivity contribution in [2.24, 2.45) is 0 Å². The van der Waals surface area contributed by atoms with Crippen molar-refractivity contribution >= 4 is 11.8 Å². The van der Waals surface area contributed by atoms with Crippen LogP contribution in [0.15, 0.2) is 16.5 Å². The molecule has 0 aliphatic carbocycles. The molecule has 1 aromatic rings. The van der Waals surface area contributed by atoms with Gasteiger partial charge in [-0.2, -0.15) is 11.8 Å². The van der Waals surface area contributed by atoms with Crippen LogP contribution >= 0.6 is 11.8 Å². The first-order valence-corrected chi connectivity index (χ1v) is 6.39. The van der Waals surface area contributed by atoms with Crippen LogP contribution in [-0.2, 0) is 6.54 Å². The molecule has 3 heteroatoms. The standard InChI is InChI=1S/C11H19NOS/c1-9(6-7-14-3)12-8-11-5-4-10(2)13-11/h4-5,9,12H,6-8H2,1-3H3. The van der Waals surface area contributed by atoms with Crippen LogP contribution < -0.4 is 5.32 Å². The maximum atomic E-state index is 5.47. The minimum absolute atomic E-state index is 0.563. The Balaban J connectivity index is 2.20. The molecule has 1 N–H and O–H groups in total. The summed E-state index contributed by atoms with van der Waals surface area (Å²) in [6.45, 7) is 5.02. The van der Waals surface area contributed by atoms with E-state index in [0.29, 0.717) is 6.04 Å². The summed E-state index contributed by atoms with van der Waals surface area (Å²) in [6, 6.07) is 4.60. The van der Waals surface area contributed by atoms with E-state index in [4.69, 9.17) is 4.42 Å². The molecule has 1 aromatic heterocycles. The highest BCUT2D eigenvalue weighted by Crippen LogP contribution is 2.07. The van der Waals surface area contributed by atoms with Crippen molar-refractivity contribution in [3.05, 3.63) is 23.7 Å². The van der Waals surface area contributed by atoms with Gasteiger partial charge in [0.1, 0.15) is 11.5 Å². The Morgan fingerprint density at radius 1 is 1.50 bits per heavy atom. The smallest absolute Gasteiger partial charge is 0.117 e. The second-order valence-electron chi connectivity index (χ2n) is 3.58. The third-order valence-corrected chi connectivity index (χ3v) is 2.82. The van der Waals surface area contributed by atoms with Gasteiger partial charge in [0.25, 0.3) is 0 Å². The zero-order valence-corrected chi connectivity index (χ0v) is 9.99. The molecule has 0 aliphatic heterocycles. The summed E-state index contributed by atoms with van der Waals surface area (Å²) < 4.78 is 5.47. The number of furan rings is 1. The summed E-state index contributed by atoms with van der Waals surface area (Å²) in [6.07, 6.45) is 3.35. The van der Waals surface area contributed by atoms with Crippen LogP contribution in [0, 0.1) is 6.92 Å². The van der Waals surface area contributed by atoms with Crippen molar-refractivity contribution in [2.75, 3.05) is 12.0 Å². The van der Waals surface area contributed by atoms with Crippen LogP contribution in [0.2, 0.25) is 0 Å². The van der Waals surface area contributed by atoms with E-state index in [0.717, 1.165) is 18.1 Å². The second kappa shape index (κ2) is 6.14. The normalized spacial score (nSPS) is 13.1. The van der Waals surface area contributed by atoms with E-state index in [9.17, 15) is 0 Å². The largest absolute Gasteiger partial charge is 0.465 e. The molecular weight excluding hydrogens is 194 g/mol. The summed E-state index contributed by atoms with van der Waals surface area (Å²) >= 11 is 1.89. The molecule has 80 valence electrons. The molecule has 0 aromatic carbocycles. The van der Waals surface area contributed by atoms with Gasteiger partial charge in [0.05, 0.1) is 6.54 Å². The van der Waals surface area contributed by atoms with E-state index in [2.05, 4.69) is 18.5 Å². The lowest BCUT2D eigenvalue weighted by molar-refractivity contribution is 0.437. The summed E-state index contributed by atoms with van der Waals surface area (Å²) in [5.41, 5.74) is 0. The molecule has 0 spiro atoms. The van der Waals surface area contributed by atoms with Gasteiger partial charge in [0, 0.05) is 6.04 Å². The third-order valence-electron chi connectivity index (χ3n) is 2.18. The van der Waals surface area contributed by atoms with Gasteiger partial charge in [0.15, 0.2) is 0 Å². The van der Waals surface area contributed by atoms with E-state index < -0.39 is 0 Å². The summed E-state index contributed by atoms with van der Waals surface area (Å²) in [7, 11) is 0. The van der Waals surface area contributed by atoms with Crippen LogP contribution in [0.1, 0.15) is 24.9 Å². The molecule has 0 saturated heterocycles. The number of aryl methyl sites for hydroxylation is 1. The van der Waals surface area contributed by atoms with Crippen LogP contribution in [0.3, 0.4) is 0 Å². The van der Waals surface area contributed by atoms with Crippen LogP contribution in [-0.4, -0.2) is 18.1 Å². The van der Waals surface area contributed by atoms with Crippen molar-refractivity contribution in [1.82, 2.24) is 5.32 Å². The zero-order valence-electron chi connectivity index (χ0n) is 9.17. The average molecular weight is 213 g/mol. The van der Waals surface area contributed by atoms with Crippen LogP contribution in [0.25, 0.3) is 0 Å². The van der Waals surface area contributed by atoms with Crippen molar-refractivity contribution in [1.29, 1.82) is 0 Å². The van der Waals surface area contributed by atoms with E-state index in [1.807, 2.05) is 30.8 Å². The highest BCUT2D eigenvalue weighted by Gasteiger charge is 2.02. The summed E-state index contributed by atoms with van der Waals surface area (Å²) in [5, 5.41) is 3.44. The lowest BCUT2D eigenvalue weighted by atomic mass is 10.2. The van der Waals surface area contributed by atoms with E-state index in [1.165, 1.54) is 12.2 Å². The Labute approximate surface area is 90.5 Å². The van der Waals surface area contributed by atoms with E-state index in [1.54, 1.807) is 0 Å². The summed E-state index contributed by atoms with van der Waals surface area (Å²) in [4.78, 5) is 0. The van der Waals surface area contributed by atoms with Crippen molar-refractivity contribution in [3.63, 3.8) is 0 Å². The molecule has 1 atom stereocenters. The molecule has 1 unspecified atom stereocenters. The van der Waals surface area contributed by atoms with Crippen LogP contribution in [0.5, 0.6) is 0 Å². The average Bonchev–Trinajstić information content (AvgIpc) is 2.58. The monoisotopic (exact) mass is 213 g/mol. The molecule has 2 nitrogen and oxygen atoms in total. The highest BCUT2D eigenvalue weighted by molar-refractivity contribution is 7.98. The highest BCUT2D eigenvalue weighted by atomic mass is 32.2. The molecule has 0 fully saturated rings. The number of hydrogen-bond acceptors (Lipinski definition) is 3. The van der Waals surface area contributed by atoms with Crippen molar-refractivity contribution < 1.29 is 4.42 Å². The lowest BCUT2D eigenvalue weighted by Crippen LogP contribution is -2.25. The van der Waals surface area contributed by atoms with Gasteiger partial charge in [0.2, 0.25) is 0 Å². The quantitative estimate of drug-likeness (QED) is 0.786. The van der Waals surface area contributed by atoms with Gasteiger partial charge >= 0.3 is 0 Å². The molecule has 0 saturated carbocycles. The van der Waals surface area contributed by atoms with Gasteiger partial charge in [-0.15, -0.1) is 0 Å². The predicted molar refractivity (Wildman–Crippen MR) is 62.7 cm³/mol. The minimum atomic E-state index is 0.563. The fourth-order valence-electron chi connectivity index (χ4n) is 1.25. The van der Waals surface area contributed by atoms with E-state index in [-0.39, 0.29) is 0 Å². The Kier molecular flexibility index (Phi) is 5.12. The fourth-order valence-corrected chi connectivity index (χ4v) is 1.84. The van der Waals surface area contributed by atoms with E-state index >= 15 is 0 Å². The molecule has 1 rings (SSSR count). The number of nitrogens with one attached hydrogen (secondary N) is 1. The maximum Gasteiger partial charge on any atom is 0.117 e. The minimum Gasteiger partial charge on any atom is -0.465 e. The maximum absolute atomic E-state index is 5.47. The zero-order chi connectivity index (χ0) is 10.4. The van der Waals surface area contributed by atoms with Gasteiger partial charge in [-0.05, 0) is 44.4 Å². The summed E-state index contributed by atoms with van der Waals surface area (Å²) in [5.74, 6) is 3.22. The molecule has 0 aliphatic rings. The van der Waals surface area contributed by atoms with Gasteiger partial charge in [-0.25, -0.2) is 0 Å². The topological polar surface area (TPSA) is 25.2 Å². The number of thioether (sulfide) groups is 1. The molecular formula is C11H19NOS. The number of rotatable bonds is 6. The van der Waals surface area contributed by atoms with Crippen molar-refractivity contribution in [3.8, 4) is 0 Å². The molecule has 0 bridgehead atoms. The first-order chi connectivity index (χ1) is 6.72. The Hall–Kier alpha value is -0.410. The van der Waals surface area contributed by atoms with Crippen molar-refractivity contribution in [2.45, 2.75) is 32.9 Å². The SMILES string of the molecule is CSCCC(C)NCc1ccc(C)o1. The molecule has 1 heterocycles. The second-order valence-corrected chi connectivity index (χ2v) is 4.56. The van der Waals surface area contributed by atoms with Gasteiger partial charge in [-0.1, -0.05) is 0 Å². The Bertz CT molecular complexity index is 260. The van der Waals surface area contributed by atoms with Gasteiger partial charge < -0.3 is 9.73 Å². The number of hydrogen-bond donors (Lipinski definition) is 1. The first kappa shape index (κ1) is 11.7. The first-order valence-electron chi connectivity index (χ1n) is 5.00. The predicted octanol–water partition coefficient (Wildman–Crippen LogP) is 2.82. The molecule has 0 amide bonds. The molecule has 14 heavy (non-hydrogen) atoms. The Morgan fingerprint density at radius 3 is 2.86 bits per heavy atom. The third kappa shape index (κ3) is 4.20. The molecule has 0 radical (unpaired) electrons. The van der Waals surface area contributed by atoms with Crippen LogP contribution in [0.4, 0.5) is 0 Å².